The predicted octanol–water partition coefficient (Wildman–Crippen LogP) is 5.58. The van der Waals surface area contributed by atoms with E-state index in [9.17, 15) is 4.39 Å². The Morgan fingerprint density at radius 2 is 1.59 bits per heavy atom. The molecule has 2 heterocycles. The average Bonchev–Trinajstić information content (AvgIpc) is 3.39. The van der Waals surface area contributed by atoms with Gasteiger partial charge in [0.15, 0.2) is 0 Å². The maximum atomic E-state index is 13.7. The number of carboxylic acid groups (broad SMARTS) is 2. The van der Waals surface area contributed by atoms with Crippen molar-refractivity contribution in [2.24, 2.45) is 0 Å². The molecule has 39 heavy (non-hydrogen) atoms. The first-order valence-electron chi connectivity index (χ1n) is 13.4. The fourth-order valence-electron chi connectivity index (χ4n) is 6.01. The van der Waals surface area contributed by atoms with Gasteiger partial charge in [0.2, 0.25) is 0 Å². The summed E-state index contributed by atoms with van der Waals surface area (Å²) in [6.07, 6.45) is 11.6. The van der Waals surface area contributed by atoms with Crippen LogP contribution in [0.4, 0.5) is 4.39 Å². The normalized spacial score (nSPS) is 19.7. The van der Waals surface area contributed by atoms with Crippen LogP contribution in [0.15, 0.2) is 73.1 Å². The number of rotatable bonds is 7. The lowest BCUT2D eigenvalue weighted by Gasteiger charge is -2.47. The van der Waals surface area contributed by atoms with E-state index in [1.165, 1.54) is 35.1 Å². The molecule has 1 saturated heterocycles. The molecule has 2 aromatic carbocycles. The second-order valence-electron chi connectivity index (χ2n) is 10.4. The highest BCUT2D eigenvalue weighted by Gasteiger charge is 2.47. The van der Waals surface area contributed by atoms with E-state index in [1.54, 1.807) is 12.1 Å². The second-order valence-corrected chi connectivity index (χ2v) is 10.4. The van der Waals surface area contributed by atoms with Crippen molar-refractivity contribution in [2.75, 3.05) is 13.2 Å². The third kappa shape index (κ3) is 7.28. The number of pyridine rings is 1. The number of hydrogen-bond donors (Lipinski definition) is 3. The molecule has 2 fully saturated rings. The molecular weight excluding hydrogens is 499 g/mol. The van der Waals surface area contributed by atoms with Crippen LogP contribution in [0.25, 0.3) is 11.1 Å². The summed E-state index contributed by atoms with van der Waals surface area (Å²) in [4.78, 5) is 22.3. The monoisotopic (exact) mass is 534 g/mol. The summed E-state index contributed by atoms with van der Waals surface area (Å²) in [5, 5.41) is 18.5. The number of carbonyl (C=O) groups is 2. The number of nitrogens with zero attached hydrogens (tertiary/aromatic N) is 1. The van der Waals surface area contributed by atoms with Crippen LogP contribution >= 0.6 is 0 Å². The van der Waals surface area contributed by atoms with Crippen LogP contribution in [0, 0.1) is 5.82 Å². The first-order valence-corrected chi connectivity index (χ1v) is 13.4. The Balaban J connectivity index is 0.000000531. The number of nitrogens with one attached hydrogen (secondary N) is 1. The van der Waals surface area contributed by atoms with Gasteiger partial charge in [-0.3, -0.25) is 4.98 Å². The smallest absolute Gasteiger partial charge is 0.414 e. The van der Waals surface area contributed by atoms with Crippen molar-refractivity contribution in [3.8, 4) is 11.1 Å². The van der Waals surface area contributed by atoms with Gasteiger partial charge in [0.05, 0.1) is 5.60 Å². The summed E-state index contributed by atoms with van der Waals surface area (Å²) in [7, 11) is 0. The van der Waals surface area contributed by atoms with E-state index in [0.29, 0.717) is 0 Å². The van der Waals surface area contributed by atoms with Gasteiger partial charge in [-0.2, -0.15) is 0 Å². The highest BCUT2D eigenvalue weighted by molar-refractivity contribution is 6.27. The number of benzene rings is 2. The van der Waals surface area contributed by atoms with E-state index in [-0.39, 0.29) is 16.8 Å². The predicted molar refractivity (Wildman–Crippen MR) is 146 cm³/mol. The third-order valence-corrected chi connectivity index (χ3v) is 7.91. The zero-order valence-corrected chi connectivity index (χ0v) is 21.9. The summed E-state index contributed by atoms with van der Waals surface area (Å²) in [6.45, 7) is 2.53. The van der Waals surface area contributed by atoms with Crippen molar-refractivity contribution >= 4 is 11.9 Å². The molecule has 0 unspecified atom stereocenters. The molecule has 7 nitrogen and oxygen atoms in total. The van der Waals surface area contributed by atoms with E-state index >= 15 is 0 Å². The van der Waals surface area contributed by atoms with Gasteiger partial charge in [-0.25, -0.2) is 14.0 Å². The Hall–Kier alpha value is -3.62. The lowest BCUT2D eigenvalue weighted by Crippen LogP contribution is -2.47. The molecule has 1 aliphatic carbocycles. The maximum Gasteiger partial charge on any atom is 0.414 e. The minimum absolute atomic E-state index is 0.0145. The standard InChI is InChI=1S/C29H33FN2O.C2H2O4/c30-26-9-7-25(8-10-26)28(16-20-33-29(22-28)13-3-4-14-29)15-19-32-21-24-5-1-2-6-27(24)23-11-17-31-18-12-23;3-1(4)2(5)6/h1-2,5-12,17-18,32H,3-4,13-16,19-22H2;(H,3,4)(H,5,6)/t28-;/m1./s1. The van der Waals surface area contributed by atoms with Crippen LogP contribution in [0.5, 0.6) is 0 Å². The van der Waals surface area contributed by atoms with E-state index in [0.717, 1.165) is 51.8 Å². The minimum atomic E-state index is -1.82. The Morgan fingerprint density at radius 1 is 0.923 bits per heavy atom. The lowest BCUT2D eigenvalue weighted by molar-refractivity contribution is -0.159. The molecule has 3 N–H and O–H groups in total. The van der Waals surface area contributed by atoms with Gasteiger partial charge in [0, 0.05) is 31.0 Å². The molecule has 1 atom stereocenters. The van der Waals surface area contributed by atoms with Crippen molar-refractivity contribution in [1.29, 1.82) is 0 Å². The van der Waals surface area contributed by atoms with E-state index in [1.807, 2.05) is 24.5 Å². The summed E-state index contributed by atoms with van der Waals surface area (Å²) < 4.78 is 20.1. The fraction of sp³-hybridized carbons (Fsp3) is 0.387. The molecule has 1 saturated carbocycles. The minimum Gasteiger partial charge on any atom is -0.473 e. The van der Waals surface area contributed by atoms with E-state index in [2.05, 4.69) is 46.7 Å². The molecule has 5 rings (SSSR count). The molecule has 0 radical (unpaired) electrons. The van der Waals surface area contributed by atoms with Crippen molar-refractivity contribution in [3.05, 3.63) is 90.0 Å². The van der Waals surface area contributed by atoms with Crippen molar-refractivity contribution < 1.29 is 28.9 Å². The highest BCUT2D eigenvalue weighted by atomic mass is 19.1. The first kappa shape index (κ1) is 28.4. The number of ether oxygens (including phenoxy) is 1. The van der Waals surface area contributed by atoms with Crippen molar-refractivity contribution in [3.63, 3.8) is 0 Å². The van der Waals surface area contributed by atoms with Gasteiger partial charge in [-0.05, 0) is 85.2 Å². The molecule has 206 valence electrons. The summed E-state index contributed by atoms with van der Waals surface area (Å²) in [5.41, 5.74) is 5.04. The number of carboxylic acids is 2. The van der Waals surface area contributed by atoms with Crippen LogP contribution in [-0.2, 0) is 26.3 Å². The molecule has 8 heteroatoms. The molecule has 3 aromatic rings. The highest BCUT2D eigenvalue weighted by Crippen LogP contribution is 2.50. The van der Waals surface area contributed by atoms with Gasteiger partial charge in [-0.1, -0.05) is 49.2 Å². The second kappa shape index (κ2) is 13.0. The SMILES string of the molecule is Fc1ccc([C@]2(CCNCc3ccccc3-c3ccncc3)CCOC3(CCCC3)C2)cc1.O=C(O)C(=O)O. The van der Waals surface area contributed by atoms with Crippen molar-refractivity contribution in [2.45, 2.75) is 62.5 Å². The fourth-order valence-corrected chi connectivity index (χ4v) is 6.01. The lowest BCUT2D eigenvalue weighted by atomic mass is 9.66. The van der Waals surface area contributed by atoms with Crippen LogP contribution in [-0.4, -0.2) is 45.9 Å². The molecule has 1 spiro atoms. The molecule has 1 aliphatic heterocycles. The Morgan fingerprint density at radius 3 is 2.26 bits per heavy atom. The molecule has 0 amide bonds. The Labute approximate surface area is 228 Å². The maximum absolute atomic E-state index is 13.7. The molecule has 1 aromatic heterocycles. The number of aliphatic carboxylic acids is 2. The van der Waals surface area contributed by atoms with Gasteiger partial charge in [-0.15, -0.1) is 0 Å². The van der Waals surface area contributed by atoms with Gasteiger partial charge in [0.25, 0.3) is 0 Å². The Kier molecular flexibility index (Phi) is 9.43. The average molecular weight is 535 g/mol. The molecule has 0 bridgehead atoms. The topological polar surface area (TPSA) is 109 Å². The molecular formula is C31H35FN2O5. The van der Waals surface area contributed by atoms with E-state index in [4.69, 9.17) is 24.5 Å². The summed E-state index contributed by atoms with van der Waals surface area (Å²) in [6, 6.07) is 19.9. The first-order chi connectivity index (χ1) is 18.8. The van der Waals surface area contributed by atoms with Crippen LogP contribution in [0.3, 0.4) is 0 Å². The third-order valence-electron chi connectivity index (χ3n) is 7.91. The van der Waals surface area contributed by atoms with Gasteiger partial charge >= 0.3 is 11.9 Å². The quantitative estimate of drug-likeness (QED) is 0.268. The summed E-state index contributed by atoms with van der Waals surface area (Å²) >= 11 is 0. The van der Waals surface area contributed by atoms with Gasteiger partial charge < -0.3 is 20.3 Å². The van der Waals surface area contributed by atoms with E-state index < -0.39 is 11.9 Å². The number of aromatic nitrogens is 1. The number of halogens is 1. The van der Waals surface area contributed by atoms with Crippen LogP contribution < -0.4 is 5.32 Å². The largest absolute Gasteiger partial charge is 0.473 e. The Bertz CT molecular complexity index is 1230. The van der Waals surface area contributed by atoms with Crippen LogP contribution in [0.2, 0.25) is 0 Å². The van der Waals surface area contributed by atoms with Gasteiger partial charge in [0.1, 0.15) is 5.82 Å². The molecule has 2 aliphatic rings. The zero-order chi connectivity index (χ0) is 27.7. The number of hydrogen-bond acceptors (Lipinski definition) is 5. The summed E-state index contributed by atoms with van der Waals surface area (Å²) in [5.74, 6) is -3.81. The van der Waals surface area contributed by atoms with Crippen LogP contribution in [0.1, 0.15) is 56.1 Å². The van der Waals surface area contributed by atoms with Crippen molar-refractivity contribution in [1.82, 2.24) is 10.3 Å². The zero-order valence-electron chi connectivity index (χ0n) is 21.9.